The summed E-state index contributed by atoms with van der Waals surface area (Å²) in [5.41, 5.74) is 7.01. The number of carbonyl (C=O) groups excluding carboxylic acids is 2. The van der Waals surface area contributed by atoms with E-state index in [-0.39, 0.29) is 11.7 Å². The van der Waals surface area contributed by atoms with Crippen molar-refractivity contribution in [3.63, 3.8) is 0 Å². The third kappa shape index (κ3) is 3.21. The summed E-state index contributed by atoms with van der Waals surface area (Å²) in [5.74, 6) is -0.0613. The SMILES string of the molecule is CC[C@H]1CCc2c(sc(NC(=O)c3ccc(Br)o3)c2C(N)=O)C1. The monoisotopic (exact) mass is 396 g/mol. The number of primary amides is 1. The Hall–Kier alpha value is -1.60. The van der Waals surface area contributed by atoms with Crippen molar-refractivity contribution in [1.29, 1.82) is 0 Å². The van der Waals surface area contributed by atoms with Crippen molar-refractivity contribution in [1.82, 2.24) is 0 Å². The van der Waals surface area contributed by atoms with Crippen molar-refractivity contribution in [2.45, 2.75) is 32.6 Å². The lowest BCUT2D eigenvalue weighted by Gasteiger charge is -2.20. The molecule has 5 nitrogen and oxygen atoms in total. The number of fused-ring (bicyclic) bond motifs is 1. The molecule has 3 N–H and O–H groups in total. The number of furan rings is 1. The summed E-state index contributed by atoms with van der Waals surface area (Å²) in [6.07, 6.45) is 3.95. The van der Waals surface area contributed by atoms with Gasteiger partial charge in [-0.2, -0.15) is 0 Å². The molecule has 7 heteroatoms. The summed E-state index contributed by atoms with van der Waals surface area (Å²) >= 11 is 4.62. The minimum atomic E-state index is -0.492. The largest absolute Gasteiger partial charge is 0.444 e. The molecule has 0 spiro atoms. The van der Waals surface area contributed by atoms with Crippen LogP contribution in [0.2, 0.25) is 0 Å². The number of thiophene rings is 1. The van der Waals surface area contributed by atoms with Crippen molar-refractivity contribution in [2.24, 2.45) is 11.7 Å². The molecular weight excluding hydrogens is 380 g/mol. The maximum absolute atomic E-state index is 12.3. The van der Waals surface area contributed by atoms with Crippen LogP contribution < -0.4 is 11.1 Å². The van der Waals surface area contributed by atoms with E-state index in [1.807, 2.05) is 0 Å². The second-order valence-corrected chi connectivity index (χ2v) is 7.53. The maximum Gasteiger partial charge on any atom is 0.292 e. The van der Waals surface area contributed by atoms with Crippen LogP contribution in [0.1, 0.15) is 51.1 Å². The van der Waals surface area contributed by atoms with Gasteiger partial charge in [0, 0.05) is 4.88 Å². The number of halogens is 1. The van der Waals surface area contributed by atoms with Crippen molar-refractivity contribution in [3.05, 3.63) is 38.6 Å². The van der Waals surface area contributed by atoms with E-state index < -0.39 is 5.91 Å². The number of hydrogen-bond donors (Lipinski definition) is 2. The minimum absolute atomic E-state index is 0.185. The first kappa shape index (κ1) is 16.3. The van der Waals surface area contributed by atoms with Crippen molar-refractivity contribution < 1.29 is 14.0 Å². The Labute approximate surface area is 146 Å². The van der Waals surface area contributed by atoms with E-state index in [4.69, 9.17) is 10.2 Å². The molecule has 0 bridgehead atoms. The van der Waals surface area contributed by atoms with Gasteiger partial charge < -0.3 is 15.5 Å². The Bertz CT molecular complexity index is 765. The van der Waals surface area contributed by atoms with Crippen LogP contribution in [0.3, 0.4) is 0 Å². The highest BCUT2D eigenvalue weighted by atomic mass is 79.9. The average Bonchev–Trinajstić information content (AvgIpc) is 3.09. The van der Waals surface area contributed by atoms with Gasteiger partial charge in [0.2, 0.25) is 0 Å². The summed E-state index contributed by atoms with van der Waals surface area (Å²) in [5, 5.41) is 3.30. The molecule has 0 aromatic carbocycles. The smallest absolute Gasteiger partial charge is 0.292 e. The molecule has 2 amide bonds. The van der Waals surface area contributed by atoms with Crippen molar-refractivity contribution in [2.75, 3.05) is 5.32 Å². The summed E-state index contributed by atoms with van der Waals surface area (Å²) in [6.45, 7) is 2.18. The molecule has 0 saturated carbocycles. The lowest BCUT2D eigenvalue weighted by atomic mass is 9.85. The van der Waals surface area contributed by atoms with Gasteiger partial charge in [-0.25, -0.2) is 0 Å². The highest BCUT2D eigenvalue weighted by Gasteiger charge is 2.28. The highest BCUT2D eigenvalue weighted by molar-refractivity contribution is 9.10. The topological polar surface area (TPSA) is 85.3 Å². The van der Waals surface area contributed by atoms with Gasteiger partial charge in [0.1, 0.15) is 5.00 Å². The minimum Gasteiger partial charge on any atom is -0.444 e. The Balaban J connectivity index is 1.91. The van der Waals surface area contributed by atoms with E-state index in [0.29, 0.717) is 21.2 Å². The van der Waals surface area contributed by atoms with Crippen LogP contribution in [0.4, 0.5) is 5.00 Å². The Kier molecular flexibility index (Phi) is 4.59. The third-order valence-electron chi connectivity index (χ3n) is 4.22. The van der Waals surface area contributed by atoms with Gasteiger partial charge in [-0.15, -0.1) is 11.3 Å². The third-order valence-corrected chi connectivity index (χ3v) is 5.81. The molecule has 0 saturated heterocycles. The van der Waals surface area contributed by atoms with Crippen LogP contribution in [0, 0.1) is 5.92 Å². The summed E-state index contributed by atoms with van der Waals surface area (Å²) < 4.78 is 5.73. The predicted octanol–water partition coefficient (Wildman–Crippen LogP) is 3.97. The van der Waals surface area contributed by atoms with Gasteiger partial charge in [0.05, 0.1) is 5.56 Å². The zero-order chi connectivity index (χ0) is 16.6. The molecule has 2 heterocycles. The average molecular weight is 397 g/mol. The number of anilines is 1. The molecule has 2 aromatic rings. The number of hydrogen-bond acceptors (Lipinski definition) is 4. The quantitative estimate of drug-likeness (QED) is 0.819. The second kappa shape index (κ2) is 6.49. The Morgan fingerprint density at radius 2 is 2.26 bits per heavy atom. The first-order valence-corrected chi connectivity index (χ1v) is 9.11. The predicted molar refractivity (Wildman–Crippen MR) is 93.0 cm³/mol. The lowest BCUT2D eigenvalue weighted by Crippen LogP contribution is -2.19. The maximum atomic E-state index is 12.3. The molecule has 0 radical (unpaired) electrons. The first-order chi connectivity index (χ1) is 11.0. The Morgan fingerprint density at radius 1 is 1.48 bits per heavy atom. The van der Waals surface area contributed by atoms with Gasteiger partial charge >= 0.3 is 0 Å². The van der Waals surface area contributed by atoms with E-state index in [0.717, 1.165) is 36.1 Å². The standard InChI is InChI=1S/C16H17BrN2O3S/c1-2-8-3-4-9-11(7-8)23-16(13(9)14(18)20)19-15(21)10-5-6-12(17)22-10/h5-6,8H,2-4,7H2,1H3,(H2,18,20)(H,19,21)/t8-/m0/s1. The molecule has 3 rings (SSSR count). The van der Waals surface area contributed by atoms with Gasteiger partial charge in [-0.3, -0.25) is 9.59 Å². The van der Waals surface area contributed by atoms with Crippen LogP contribution in [0.5, 0.6) is 0 Å². The molecule has 1 aliphatic carbocycles. The molecule has 1 aliphatic rings. The van der Waals surface area contributed by atoms with Gasteiger partial charge in [-0.05, 0) is 58.8 Å². The fourth-order valence-electron chi connectivity index (χ4n) is 2.95. The van der Waals surface area contributed by atoms with E-state index in [1.165, 1.54) is 11.3 Å². The summed E-state index contributed by atoms with van der Waals surface area (Å²) in [4.78, 5) is 25.3. The zero-order valence-electron chi connectivity index (χ0n) is 12.6. The lowest BCUT2D eigenvalue weighted by molar-refractivity contribution is 0.0996. The normalized spacial score (nSPS) is 16.9. The number of nitrogens with two attached hydrogens (primary N) is 1. The molecular formula is C16H17BrN2O3S. The summed E-state index contributed by atoms with van der Waals surface area (Å²) in [7, 11) is 0. The molecule has 23 heavy (non-hydrogen) atoms. The van der Waals surface area contributed by atoms with Crippen LogP contribution in [-0.4, -0.2) is 11.8 Å². The van der Waals surface area contributed by atoms with Crippen molar-refractivity contribution in [3.8, 4) is 0 Å². The van der Waals surface area contributed by atoms with E-state index in [9.17, 15) is 9.59 Å². The summed E-state index contributed by atoms with van der Waals surface area (Å²) in [6, 6.07) is 3.22. The van der Waals surface area contributed by atoms with Crippen LogP contribution in [0.15, 0.2) is 21.2 Å². The van der Waals surface area contributed by atoms with Gasteiger partial charge in [0.15, 0.2) is 10.4 Å². The molecule has 122 valence electrons. The Morgan fingerprint density at radius 3 is 2.87 bits per heavy atom. The highest BCUT2D eigenvalue weighted by Crippen LogP contribution is 2.40. The molecule has 0 aliphatic heterocycles. The van der Waals surface area contributed by atoms with Gasteiger partial charge in [-0.1, -0.05) is 13.3 Å². The first-order valence-electron chi connectivity index (χ1n) is 7.50. The van der Waals surface area contributed by atoms with E-state index >= 15 is 0 Å². The number of rotatable bonds is 4. The number of nitrogens with one attached hydrogen (secondary N) is 1. The fraction of sp³-hybridized carbons (Fsp3) is 0.375. The van der Waals surface area contributed by atoms with Crippen LogP contribution in [-0.2, 0) is 12.8 Å². The second-order valence-electron chi connectivity index (χ2n) is 5.65. The van der Waals surface area contributed by atoms with Crippen LogP contribution in [0.25, 0.3) is 0 Å². The molecule has 2 aromatic heterocycles. The fourth-order valence-corrected chi connectivity index (χ4v) is 4.62. The molecule has 0 fully saturated rings. The van der Waals surface area contributed by atoms with Crippen LogP contribution >= 0.6 is 27.3 Å². The number of amides is 2. The van der Waals surface area contributed by atoms with Gasteiger partial charge in [0.25, 0.3) is 11.8 Å². The zero-order valence-corrected chi connectivity index (χ0v) is 15.1. The van der Waals surface area contributed by atoms with E-state index in [2.05, 4.69) is 28.2 Å². The van der Waals surface area contributed by atoms with E-state index in [1.54, 1.807) is 12.1 Å². The number of carbonyl (C=O) groups is 2. The molecule has 0 unspecified atom stereocenters. The molecule has 1 atom stereocenters. The van der Waals surface area contributed by atoms with Crippen molar-refractivity contribution >= 4 is 44.1 Å².